The number of carbonyl (C=O) groups is 1. The fourth-order valence-electron chi connectivity index (χ4n) is 5.30. The maximum absolute atomic E-state index is 11.4. The Kier molecular flexibility index (Phi) is 8.31. The molecule has 198 valence electrons. The van der Waals surface area contributed by atoms with Crippen molar-refractivity contribution in [2.24, 2.45) is 0 Å². The summed E-state index contributed by atoms with van der Waals surface area (Å²) >= 11 is 0. The van der Waals surface area contributed by atoms with E-state index >= 15 is 0 Å². The molecule has 2 aliphatic rings. The van der Waals surface area contributed by atoms with Gasteiger partial charge in [-0.25, -0.2) is 14.5 Å². The number of unbranched alkanes of at least 4 members (excludes halogenated alkanes) is 1. The molecule has 5 rings (SSSR count). The van der Waals surface area contributed by atoms with Gasteiger partial charge in [0.1, 0.15) is 17.4 Å². The number of hydrogen-bond acceptors (Lipinski definition) is 8. The molecule has 37 heavy (non-hydrogen) atoms. The highest BCUT2D eigenvalue weighted by Crippen LogP contribution is 2.36. The predicted octanol–water partition coefficient (Wildman–Crippen LogP) is 4.42. The van der Waals surface area contributed by atoms with Crippen LogP contribution >= 0.6 is 0 Å². The van der Waals surface area contributed by atoms with E-state index in [0.29, 0.717) is 5.95 Å². The molecule has 2 fully saturated rings. The van der Waals surface area contributed by atoms with Crippen LogP contribution in [0.15, 0.2) is 30.5 Å². The van der Waals surface area contributed by atoms with Crippen LogP contribution in [0.2, 0.25) is 0 Å². The quantitative estimate of drug-likeness (QED) is 0.337. The number of carbonyl (C=O) groups excluding carboxylic acids is 1. The Bertz CT molecular complexity index is 1180. The molecule has 3 heterocycles. The molecule has 3 aromatic rings. The number of morpholine rings is 1. The van der Waals surface area contributed by atoms with E-state index in [2.05, 4.69) is 46.4 Å². The number of anilines is 1. The summed E-state index contributed by atoms with van der Waals surface area (Å²) in [5, 5.41) is 8.21. The van der Waals surface area contributed by atoms with Crippen molar-refractivity contribution in [2.45, 2.75) is 70.9 Å². The van der Waals surface area contributed by atoms with Crippen LogP contribution in [0.4, 0.5) is 5.95 Å². The average molecular weight is 507 g/mol. The first-order valence-electron chi connectivity index (χ1n) is 13.7. The molecule has 1 aliphatic carbocycles. The van der Waals surface area contributed by atoms with Gasteiger partial charge in [0.2, 0.25) is 5.95 Å². The summed E-state index contributed by atoms with van der Waals surface area (Å²) in [4.78, 5) is 23.6. The second kappa shape index (κ2) is 12.0. The summed E-state index contributed by atoms with van der Waals surface area (Å²) in [5.74, 6) is 1.64. The van der Waals surface area contributed by atoms with Crippen LogP contribution < -0.4 is 5.32 Å². The fourth-order valence-corrected chi connectivity index (χ4v) is 5.30. The van der Waals surface area contributed by atoms with Crippen molar-refractivity contribution in [1.29, 1.82) is 0 Å². The number of benzene rings is 1. The summed E-state index contributed by atoms with van der Waals surface area (Å²) in [6.07, 6.45) is 7.59. The third-order valence-corrected chi connectivity index (χ3v) is 7.34. The van der Waals surface area contributed by atoms with Gasteiger partial charge in [-0.05, 0) is 37.7 Å². The lowest BCUT2D eigenvalue weighted by Gasteiger charge is -2.27. The molecule has 1 saturated heterocycles. The normalized spacial score (nSPS) is 20.7. The average Bonchev–Trinajstić information content (AvgIpc) is 3.29. The van der Waals surface area contributed by atoms with Crippen molar-refractivity contribution in [3.05, 3.63) is 41.9 Å². The number of rotatable bonds is 9. The molecule has 1 saturated carbocycles. The van der Waals surface area contributed by atoms with Gasteiger partial charge in [0.15, 0.2) is 0 Å². The molecular formula is C28H38N6O3. The number of ether oxygens (including phenoxy) is 2. The van der Waals surface area contributed by atoms with E-state index in [1.807, 2.05) is 10.7 Å². The maximum atomic E-state index is 11.4. The number of fused-ring (bicyclic) bond motifs is 1. The Balaban J connectivity index is 1.41. The number of imidazole rings is 1. The molecule has 0 radical (unpaired) electrons. The van der Waals surface area contributed by atoms with Crippen molar-refractivity contribution in [1.82, 2.24) is 24.5 Å². The minimum atomic E-state index is -0.204. The smallest absolute Gasteiger partial charge is 0.302 e. The third kappa shape index (κ3) is 6.27. The molecule has 2 aromatic heterocycles. The van der Waals surface area contributed by atoms with E-state index in [1.54, 1.807) is 0 Å². The number of hydrogen-bond donors (Lipinski definition) is 1. The molecule has 1 aliphatic heterocycles. The summed E-state index contributed by atoms with van der Waals surface area (Å²) < 4.78 is 12.9. The summed E-state index contributed by atoms with van der Waals surface area (Å²) in [6, 6.07) is 8.71. The molecule has 0 bridgehead atoms. The molecule has 0 atom stereocenters. The third-order valence-electron chi connectivity index (χ3n) is 7.34. The molecule has 9 heteroatoms. The van der Waals surface area contributed by atoms with Crippen LogP contribution in [0.5, 0.6) is 0 Å². The van der Waals surface area contributed by atoms with Crippen LogP contribution in [-0.4, -0.2) is 69.4 Å². The first-order chi connectivity index (χ1) is 18.1. The van der Waals surface area contributed by atoms with E-state index in [9.17, 15) is 4.79 Å². The van der Waals surface area contributed by atoms with E-state index in [0.717, 1.165) is 101 Å². The Hall–Kier alpha value is -3.04. The van der Waals surface area contributed by atoms with Gasteiger partial charge >= 0.3 is 5.97 Å². The highest BCUT2D eigenvalue weighted by molar-refractivity contribution is 5.77. The van der Waals surface area contributed by atoms with Gasteiger partial charge in [-0.3, -0.25) is 9.69 Å². The molecule has 0 amide bonds. The molecule has 9 nitrogen and oxygen atoms in total. The zero-order valence-corrected chi connectivity index (χ0v) is 22.0. The zero-order valence-electron chi connectivity index (χ0n) is 22.0. The van der Waals surface area contributed by atoms with Gasteiger partial charge in [-0.15, -0.1) is 5.10 Å². The largest absolute Gasteiger partial charge is 0.463 e. The van der Waals surface area contributed by atoms with Crippen molar-refractivity contribution in [3.8, 4) is 11.3 Å². The SMILES string of the molecule is CCCCNc1ncc2c(-c3ccc(CN4CCOCC4)cc3)nc(C3CCC(OC(C)=O)CC3)n2n1. The topological polar surface area (TPSA) is 93.9 Å². The number of esters is 1. The van der Waals surface area contributed by atoms with E-state index < -0.39 is 0 Å². The van der Waals surface area contributed by atoms with Crippen LogP contribution in [0, 0.1) is 0 Å². The Morgan fingerprint density at radius 3 is 2.59 bits per heavy atom. The lowest BCUT2D eigenvalue weighted by molar-refractivity contribution is -0.147. The van der Waals surface area contributed by atoms with Gasteiger partial charge in [0.05, 0.1) is 25.1 Å². The molecule has 1 N–H and O–H groups in total. The first kappa shape index (κ1) is 25.6. The molecular weight excluding hydrogens is 468 g/mol. The molecule has 0 unspecified atom stereocenters. The Morgan fingerprint density at radius 1 is 1.14 bits per heavy atom. The van der Waals surface area contributed by atoms with Crippen LogP contribution in [0.1, 0.15) is 69.7 Å². The van der Waals surface area contributed by atoms with E-state index in [1.165, 1.54) is 12.5 Å². The van der Waals surface area contributed by atoms with Gasteiger partial charge in [-0.1, -0.05) is 37.6 Å². The van der Waals surface area contributed by atoms with Gasteiger partial charge in [-0.2, -0.15) is 0 Å². The molecule has 0 spiro atoms. The number of nitrogens with zero attached hydrogens (tertiary/aromatic N) is 5. The second-order valence-corrected chi connectivity index (χ2v) is 10.1. The van der Waals surface area contributed by atoms with Gasteiger partial charge in [0, 0.05) is 44.6 Å². The van der Waals surface area contributed by atoms with Crippen molar-refractivity contribution in [3.63, 3.8) is 0 Å². The zero-order chi connectivity index (χ0) is 25.6. The minimum absolute atomic E-state index is 0.000597. The minimum Gasteiger partial charge on any atom is -0.463 e. The van der Waals surface area contributed by atoms with Gasteiger partial charge < -0.3 is 14.8 Å². The lowest BCUT2D eigenvalue weighted by Crippen LogP contribution is -2.35. The van der Waals surface area contributed by atoms with E-state index in [4.69, 9.17) is 19.6 Å². The first-order valence-corrected chi connectivity index (χ1v) is 13.7. The maximum Gasteiger partial charge on any atom is 0.302 e. The monoisotopic (exact) mass is 506 g/mol. The van der Waals surface area contributed by atoms with Crippen molar-refractivity contribution >= 4 is 17.4 Å². The summed E-state index contributed by atoms with van der Waals surface area (Å²) in [5.41, 5.74) is 4.18. The number of nitrogens with one attached hydrogen (secondary N) is 1. The van der Waals surface area contributed by atoms with Crippen molar-refractivity contribution in [2.75, 3.05) is 38.2 Å². The standard InChI is InChI=1S/C28H38N6O3/c1-3-4-13-29-28-30-18-25-26(22-7-5-21(6-8-22)19-33-14-16-36-17-15-33)31-27(34(25)32-28)23-9-11-24(12-10-23)37-20(2)35/h5-8,18,23-24H,3-4,9-17,19H2,1-2H3,(H,29,32). The highest BCUT2D eigenvalue weighted by Gasteiger charge is 2.29. The molecule has 1 aromatic carbocycles. The fraction of sp³-hybridized carbons (Fsp3) is 0.571. The summed E-state index contributed by atoms with van der Waals surface area (Å²) in [6.45, 7) is 8.99. The lowest BCUT2D eigenvalue weighted by atomic mass is 9.87. The van der Waals surface area contributed by atoms with Crippen molar-refractivity contribution < 1.29 is 14.3 Å². The predicted molar refractivity (Wildman–Crippen MR) is 142 cm³/mol. The van der Waals surface area contributed by atoms with Crippen LogP contribution in [0.25, 0.3) is 16.8 Å². The number of aromatic nitrogens is 4. The van der Waals surface area contributed by atoms with Crippen LogP contribution in [0.3, 0.4) is 0 Å². The second-order valence-electron chi connectivity index (χ2n) is 10.1. The summed E-state index contributed by atoms with van der Waals surface area (Å²) in [7, 11) is 0. The highest BCUT2D eigenvalue weighted by atomic mass is 16.5. The Morgan fingerprint density at radius 2 is 1.89 bits per heavy atom. The van der Waals surface area contributed by atoms with Crippen LogP contribution in [-0.2, 0) is 20.8 Å². The van der Waals surface area contributed by atoms with E-state index in [-0.39, 0.29) is 18.0 Å². The Labute approximate surface area is 218 Å². The van der Waals surface area contributed by atoms with Gasteiger partial charge in [0.25, 0.3) is 0 Å².